The first kappa shape index (κ1) is 13.1. The van der Waals surface area contributed by atoms with Crippen molar-refractivity contribution in [2.75, 3.05) is 13.2 Å². The van der Waals surface area contributed by atoms with Crippen LogP contribution in [0, 0.1) is 13.8 Å². The van der Waals surface area contributed by atoms with Crippen LogP contribution in [0.25, 0.3) is 22.3 Å². The molecule has 1 aromatic carbocycles. The van der Waals surface area contributed by atoms with E-state index in [0.717, 1.165) is 39.4 Å². The van der Waals surface area contributed by atoms with Gasteiger partial charge in [0.1, 0.15) is 13.2 Å². The summed E-state index contributed by atoms with van der Waals surface area (Å²) in [4.78, 5) is 4.71. The first-order valence-electron chi connectivity index (χ1n) is 7.33. The quantitative estimate of drug-likeness (QED) is 0.692. The molecule has 112 valence electrons. The molecular weight excluding hydrogens is 278 g/mol. The number of hydrogen-bond acceptors (Lipinski definition) is 4. The first-order chi connectivity index (χ1) is 10.6. The Kier molecular flexibility index (Phi) is 2.82. The molecule has 0 unspecified atom stereocenters. The zero-order valence-corrected chi connectivity index (χ0v) is 12.9. The standard InChI is InChI=1S/C17H17N3O2/c1-10-6-14(18-17-13(10)9-20(3)19-17)12-8-16-15(7-11(12)2)21-4-5-22-16/h6-9H,4-5H2,1-3H3. The van der Waals surface area contributed by atoms with E-state index in [1.54, 1.807) is 4.68 Å². The highest BCUT2D eigenvalue weighted by Gasteiger charge is 2.17. The summed E-state index contributed by atoms with van der Waals surface area (Å²) in [5, 5.41) is 5.51. The van der Waals surface area contributed by atoms with Crippen LogP contribution in [0.4, 0.5) is 0 Å². The average Bonchev–Trinajstić information content (AvgIpc) is 2.87. The zero-order valence-electron chi connectivity index (χ0n) is 12.9. The molecule has 4 rings (SSSR count). The van der Waals surface area contributed by atoms with Crippen molar-refractivity contribution < 1.29 is 9.47 Å². The van der Waals surface area contributed by atoms with Gasteiger partial charge in [-0.05, 0) is 43.2 Å². The second kappa shape index (κ2) is 4.73. The van der Waals surface area contributed by atoms with Gasteiger partial charge in [0.15, 0.2) is 17.1 Å². The Morgan fingerprint density at radius 2 is 1.73 bits per heavy atom. The molecule has 0 atom stereocenters. The van der Waals surface area contributed by atoms with Crippen LogP contribution in [0.5, 0.6) is 11.5 Å². The van der Waals surface area contributed by atoms with E-state index in [0.29, 0.717) is 13.2 Å². The molecule has 22 heavy (non-hydrogen) atoms. The molecule has 0 saturated carbocycles. The lowest BCUT2D eigenvalue weighted by atomic mass is 10.0. The Labute approximate surface area is 128 Å². The molecule has 3 heterocycles. The van der Waals surface area contributed by atoms with Crippen molar-refractivity contribution >= 4 is 11.0 Å². The highest BCUT2D eigenvalue weighted by molar-refractivity contribution is 5.82. The van der Waals surface area contributed by atoms with E-state index < -0.39 is 0 Å². The van der Waals surface area contributed by atoms with Crippen LogP contribution in [0.2, 0.25) is 0 Å². The van der Waals surface area contributed by atoms with Gasteiger partial charge in [-0.25, -0.2) is 4.98 Å². The fourth-order valence-electron chi connectivity index (χ4n) is 2.87. The van der Waals surface area contributed by atoms with E-state index in [-0.39, 0.29) is 0 Å². The van der Waals surface area contributed by atoms with Gasteiger partial charge in [-0.2, -0.15) is 5.10 Å². The number of nitrogens with zero attached hydrogens (tertiary/aromatic N) is 3. The normalized spacial score (nSPS) is 13.6. The minimum Gasteiger partial charge on any atom is -0.486 e. The van der Waals surface area contributed by atoms with Gasteiger partial charge in [0.05, 0.1) is 5.69 Å². The Bertz CT molecular complexity index is 883. The van der Waals surface area contributed by atoms with Gasteiger partial charge in [0.2, 0.25) is 0 Å². The molecule has 0 aliphatic carbocycles. The Balaban J connectivity index is 1.91. The molecule has 0 N–H and O–H groups in total. The summed E-state index contributed by atoms with van der Waals surface area (Å²) in [6, 6.07) is 6.13. The SMILES string of the molecule is Cc1cc2c(cc1-c1cc(C)c3cn(C)nc3n1)OCCO2. The molecule has 0 spiro atoms. The fraction of sp³-hybridized carbons (Fsp3) is 0.294. The van der Waals surface area contributed by atoms with Crippen LogP contribution in [-0.2, 0) is 7.05 Å². The van der Waals surface area contributed by atoms with E-state index in [1.165, 1.54) is 5.56 Å². The van der Waals surface area contributed by atoms with Crippen molar-refractivity contribution in [1.29, 1.82) is 0 Å². The molecule has 5 heteroatoms. The lowest BCUT2D eigenvalue weighted by Gasteiger charge is -2.20. The van der Waals surface area contributed by atoms with Gasteiger partial charge in [-0.15, -0.1) is 0 Å². The van der Waals surface area contributed by atoms with Crippen molar-refractivity contribution in [1.82, 2.24) is 14.8 Å². The summed E-state index contributed by atoms with van der Waals surface area (Å²) in [7, 11) is 1.91. The minimum absolute atomic E-state index is 0.585. The van der Waals surface area contributed by atoms with Crippen LogP contribution in [0.15, 0.2) is 24.4 Å². The zero-order chi connectivity index (χ0) is 15.3. The molecule has 3 aromatic rings. The summed E-state index contributed by atoms with van der Waals surface area (Å²) >= 11 is 0. The second-order valence-corrected chi connectivity index (χ2v) is 5.68. The molecular formula is C17H17N3O2. The van der Waals surface area contributed by atoms with Crippen molar-refractivity contribution in [3.8, 4) is 22.8 Å². The van der Waals surface area contributed by atoms with E-state index in [2.05, 4.69) is 25.0 Å². The summed E-state index contributed by atoms with van der Waals surface area (Å²) in [5.74, 6) is 1.59. The Hall–Kier alpha value is -2.56. The Morgan fingerprint density at radius 3 is 2.50 bits per heavy atom. The van der Waals surface area contributed by atoms with Crippen molar-refractivity contribution in [3.63, 3.8) is 0 Å². The number of pyridine rings is 1. The topological polar surface area (TPSA) is 49.2 Å². The molecule has 1 aliphatic rings. The van der Waals surface area contributed by atoms with Gasteiger partial charge in [0.25, 0.3) is 0 Å². The van der Waals surface area contributed by atoms with Gasteiger partial charge in [0, 0.05) is 24.2 Å². The predicted octanol–water partition coefficient (Wildman–Crippen LogP) is 3.02. The molecule has 2 aromatic heterocycles. The number of fused-ring (bicyclic) bond motifs is 2. The van der Waals surface area contributed by atoms with Crippen LogP contribution in [0.1, 0.15) is 11.1 Å². The van der Waals surface area contributed by atoms with Crippen molar-refractivity contribution in [3.05, 3.63) is 35.5 Å². The number of hydrogen-bond donors (Lipinski definition) is 0. The monoisotopic (exact) mass is 295 g/mol. The summed E-state index contributed by atoms with van der Waals surface area (Å²) < 4.78 is 13.1. The molecule has 0 amide bonds. The first-order valence-corrected chi connectivity index (χ1v) is 7.33. The third kappa shape index (κ3) is 2.01. The van der Waals surface area contributed by atoms with Crippen LogP contribution in [-0.4, -0.2) is 28.0 Å². The highest BCUT2D eigenvalue weighted by Crippen LogP contribution is 2.37. The smallest absolute Gasteiger partial charge is 0.181 e. The number of aromatic nitrogens is 3. The molecule has 0 bridgehead atoms. The van der Waals surface area contributed by atoms with Crippen molar-refractivity contribution in [2.24, 2.45) is 7.05 Å². The van der Waals surface area contributed by atoms with E-state index in [4.69, 9.17) is 14.5 Å². The largest absolute Gasteiger partial charge is 0.486 e. The lowest BCUT2D eigenvalue weighted by molar-refractivity contribution is 0.171. The number of aryl methyl sites for hydroxylation is 3. The van der Waals surface area contributed by atoms with E-state index >= 15 is 0 Å². The number of rotatable bonds is 1. The molecule has 1 aliphatic heterocycles. The maximum atomic E-state index is 5.69. The third-order valence-electron chi connectivity index (χ3n) is 3.98. The molecule has 5 nitrogen and oxygen atoms in total. The minimum atomic E-state index is 0.585. The number of benzene rings is 1. The third-order valence-corrected chi connectivity index (χ3v) is 3.98. The average molecular weight is 295 g/mol. The summed E-state index contributed by atoms with van der Waals surface area (Å²) in [5.41, 5.74) is 5.03. The van der Waals surface area contributed by atoms with E-state index in [9.17, 15) is 0 Å². The Morgan fingerprint density at radius 1 is 1.00 bits per heavy atom. The van der Waals surface area contributed by atoms with Gasteiger partial charge >= 0.3 is 0 Å². The maximum absolute atomic E-state index is 5.69. The lowest BCUT2D eigenvalue weighted by Crippen LogP contribution is -2.15. The summed E-state index contributed by atoms with van der Waals surface area (Å²) in [6.45, 7) is 5.33. The van der Waals surface area contributed by atoms with Crippen LogP contribution >= 0.6 is 0 Å². The molecule has 0 radical (unpaired) electrons. The summed E-state index contributed by atoms with van der Waals surface area (Å²) in [6.07, 6.45) is 2.00. The van der Waals surface area contributed by atoms with Crippen molar-refractivity contribution in [2.45, 2.75) is 13.8 Å². The second-order valence-electron chi connectivity index (χ2n) is 5.68. The van der Waals surface area contributed by atoms with Gasteiger partial charge < -0.3 is 9.47 Å². The number of ether oxygens (including phenoxy) is 2. The highest BCUT2D eigenvalue weighted by atomic mass is 16.6. The predicted molar refractivity (Wildman–Crippen MR) is 84.4 cm³/mol. The molecule has 0 fully saturated rings. The van der Waals surface area contributed by atoms with Crippen LogP contribution in [0.3, 0.4) is 0 Å². The molecule has 0 saturated heterocycles. The maximum Gasteiger partial charge on any atom is 0.181 e. The van der Waals surface area contributed by atoms with E-state index in [1.807, 2.05) is 25.4 Å². The fourth-order valence-corrected chi connectivity index (χ4v) is 2.87. The van der Waals surface area contributed by atoms with Crippen LogP contribution < -0.4 is 9.47 Å². The van der Waals surface area contributed by atoms with Gasteiger partial charge in [-0.3, -0.25) is 4.68 Å². The van der Waals surface area contributed by atoms with Gasteiger partial charge in [-0.1, -0.05) is 0 Å².